The van der Waals surface area contributed by atoms with Crippen LogP contribution in [0.25, 0.3) is 0 Å². The van der Waals surface area contributed by atoms with Gasteiger partial charge in [0.1, 0.15) is 0 Å². The number of hydrogen-bond donors (Lipinski definition) is 1. The number of nitrogens with zero attached hydrogens (tertiary/aromatic N) is 1. The maximum absolute atomic E-state index is 3.84. The van der Waals surface area contributed by atoms with Gasteiger partial charge in [0, 0.05) is 30.7 Å². The fourth-order valence-corrected chi connectivity index (χ4v) is 3.13. The molecular weight excluding hydrogens is 184 g/mol. The lowest BCUT2D eigenvalue weighted by Crippen LogP contribution is -2.36. The number of likely N-dealkylation sites (tertiary alicyclic amines) is 1. The monoisotopic (exact) mass is 208 g/mol. The highest BCUT2D eigenvalue weighted by Gasteiger charge is 2.48. The van der Waals surface area contributed by atoms with Crippen LogP contribution in [-0.2, 0) is 0 Å². The van der Waals surface area contributed by atoms with Gasteiger partial charge in [-0.2, -0.15) is 0 Å². The quantitative estimate of drug-likeness (QED) is 0.763. The molecule has 0 spiro atoms. The smallest absolute Gasteiger partial charge is 0.0212 e. The molecule has 2 heteroatoms. The van der Waals surface area contributed by atoms with E-state index in [-0.39, 0.29) is 0 Å². The van der Waals surface area contributed by atoms with Gasteiger partial charge < -0.3 is 5.32 Å². The zero-order chi connectivity index (χ0) is 10.6. The fourth-order valence-electron chi connectivity index (χ4n) is 3.13. The third-order valence-electron chi connectivity index (χ3n) is 4.59. The highest BCUT2D eigenvalue weighted by atomic mass is 15.3. The molecule has 15 heavy (non-hydrogen) atoms. The molecule has 3 atom stereocenters. The van der Waals surface area contributed by atoms with Gasteiger partial charge in [-0.05, 0) is 38.0 Å². The number of rotatable bonds is 3. The van der Waals surface area contributed by atoms with E-state index >= 15 is 0 Å². The van der Waals surface area contributed by atoms with Crippen molar-refractivity contribution in [2.24, 2.45) is 5.41 Å². The first-order valence-corrected chi connectivity index (χ1v) is 6.58. The molecular formula is C13H24N2. The summed E-state index contributed by atoms with van der Waals surface area (Å²) in [6.45, 7) is 8.46. The topological polar surface area (TPSA) is 15.3 Å². The third-order valence-corrected chi connectivity index (χ3v) is 4.59. The maximum Gasteiger partial charge on any atom is 0.0212 e. The molecule has 0 bridgehead atoms. The second-order valence-electron chi connectivity index (χ2n) is 6.62. The molecule has 2 aliphatic carbocycles. The van der Waals surface area contributed by atoms with Crippen molar-refractivity contribution in [2.45, 2.75) is 70.6 Å². The van der Waals surface area contributed by atoms with Crippen molar-refractivity contribution in [3.05, 3.63) is 0 Å². The third kappa shape index (κ3) is 1.94. The molecule has 2 nitrogen and oxygen atoms in total. The van der Waals surface area contributed by atoms with Crippen molar-refractivity contribution < 1.29 is 0 Å². The van der Waals surface area contributed by atoms with Gasteiger partial charge in [-0.1, -0.05) is 13.8 Å². The summed E-state index contributed by atoms with van der Waals surface area (Å²) in [5, 5.41) is 3.84. The van der Waals surface area contributed by atoms with Crippen LogP contribution in [0.5, 0.6) is 0 Å². The number of nitrogens with one attached hydrogen (secondary N) is 1. The Balaban J connectivity index is 1.52. The molecule has 3 aliphatic rings. The van der Waals surface area contributed by atoms with Gasteiger partial charge in [-0.3, -0.25) is 4.90 Å². The average molecular weight is 208 g/mol. The van der Waals surface area contributed by atoms with Crippen LogP contribution >= 0.6 is 0 Å². The van der Waals surface area contributed by atoms with E-state index in [0.717, 1.165) is 24.2 Å². The highest BCUT2D eigenvalue weighted by Crippen LogP contribution is 2.45. The molecule has 1 heterocycles. The molecule has 3 rings (SSSR count). The van der Waals surface area contributed by atoms with Gasteiger partial charge in [0.25, 0.3) is 0 Å². The highest BCUT2D eigenvalue weighted by molar-refractivity contribution is 5.05. The molecule has 2 saturated carbocycles. The molecule has 0 aromatic carbocycles. The van der Waals surface area contributed by atoms with Crippen LogP contribution in [0.2, 0.25) is 0 Å². The Morgan fingerprint density at radius 3 is 2.47 bits per heavy atom. The van der Waals surface area contributed by atoms with Crippen LogP contribution in [-0.4, -0.2) is 35.6 Å². The van der Waals surface area contributed by atoms with Crippen LogP contribution in [0.1, 0.15) is 46.5 Å². The second kappa shape index (κ2) is 3.21. The van der Waals surface area contributed by atoms with Crippen LogP contribution in [0.4, 0.5) is 0 Å². The SMILES string of the molecule is CC1CC(NC2CC2(C)C)CN1C1CC1. The number of hydrogen-bond acceptors (Lipinski definition) is 2. The van der Waals surface area contributed by atoms with E-state index in [1.165, 1.54) is 32.2 Å². The van der Waals surface area contributed by atoms with Gasteiger partial charge in [0.2, 0.25) is 0 Å². The van der Waals surface area contributed by atoms with E-state index in [1.807, 2.05) is 0 Å². The zero-order valence-electron chi connectivity index (χ0n) is 10.3. The molecule has 0 aromatic heterocycles. The van der Waals surface area contributed by atoms with Gasteiger partial charge >= 0.3 is 0 Å². The summed E-state index contributed by atoms with van der Waals surface area (Å²) in [5.41, 5.74) is 0.580. The van der Waals surface area contributed by atoms with Gasteiger partial charge in [0.15, 0.2) is 0 Å². The largest absolute Gasteiger partial charge is 0.309 e. The summed E-state index contributed by atoms with van der Waals surface area (Å²) < 4.78 is 0. The minimum absolute atomic E-state index is 0.580. The molecule has 86 valence electrons. The van der Waals surface area contributed by atoms with E-state index in [1.54, 1.807) is 0 Å². The van der Waals surface area contributed by atoms with E-state index < -0.39 is 0 Å². The molecule has 1 N–H and O–H groups in total. The van der Waals surface area contributed by atoms with Crippen LogP contribution in [0.15, 0.2) is 0 Å². The standard InChI is InChI=1S/C13H24N2/c1-9-6-10(8-15(9)11-4-5-11)14-12-7-13(12,2)3/h9-12,14H,4-8H2,1-3H3. The Morgan fingerprint density at radius 2 is 1.93 bits per heavy atom. The van der Waals surface area contributed by atoms with Gasteiger partial charge in [-0.15, -0.1) is 0 Å². The minimum Gasteiger partial charge on any atom is -0.309 e. The first-order valence-electron chi connectivity index (χ1n) is 6.58. The lowest BCUT2D eigenvalue weighted by Gasteiger charge is -2.20. The van der Waals surface area contributed by atoms with Crippen molar-refractivity contribution in [3.63, 3.8) is 0 Å². The molecule has 1 saturated heterocycles. The molecule has 1 aliphatic heterocycles. The Labute approximate surface area is 93.4 Å². The Bertz CT molecular complexity index is 255. The van der Waals surface area contributed by atoms with E-state index in [9.17, 15) is 0 Å². The van der Waals surface area contributed by atoms with Crippen molar-refractivity contribution in [1.29, 1.82) is 0 Å². The molecule has 0 aromatic rings. The van der Waals surface area contributed by atoms with E-state index in [2.05, 4.69) is 31.0 Å². The van der Waals surface area contributed by atoms with Crippen molar-refractivity contribution >= 4 is 0 Å². The normalized spacial score (nSPS) is 44.6. The fraction of sp³-hybridized carbons (Fsp3) is 1.00. The van der Waals surface area contributed by atoms with Crippen molar-refractivity contribution in [3.8, 4) is 0 Å². The van der Waals surface area contributed by atoms with Crippen molar-refractivity contribution in [2.75, 3.05) is 6.54 Å². The van der Waals surface area contributed by atoms with Gasteiger partial charge in [-0.25, -0.2) is 0 Å². The summed E-state index contributed by atoms with van der Waals surface area (Å²) in [6.07, 6.45) is 5.64. The Kier molecular flexibility index (Phi) is 2.16. The second-order valence-corrected chi connectivity index (χ2v) is 6.62. The first kappa shape index (κ1) is 10.1. The summed E-state index contributed by atoms with van der Waals surface area (Å²) in [4.78, 5) is 2.73. The molecule has 3 unspecified atom stereocenters. The first-order chi connectivity index (χ1) is 7.06. The summed E-state index contributed by atoms with van der Waals surface area (Å²) in [7, 11) is 0. The average Bonchev–Trinajstić information content (AvgIpc) is 3.01. The summed E-state index contributed by atoms with van der Waals surface area (Å²) in [6, 6.07) is 3.33. The Hall–Kier alpha value is -0.0800. The van der Waals surface area contributed by atoms with Gasteiger partial charge in [0.05, 0.1) is 0 Å². The zero-order valence-corrected chi connectivity index (χ0v) is 10.3. The van der Waals surface area contributed by atoms with E-state index in [0.29, 0.717) is 5.41 Å². The lowest BCUT2D eigenvalue weighted by molar-refractivity contribution is 0.254. The van der Waals surface area contributed by atoms with Crippen LogP contribution in [0, 0.1) is 5.41 Å². The summed E-state index contributed by atoms with van der Waals surface area (Å²) >= 11 is 0. The lowest BCUT2D eigenvalue weighted by atomic mass is 10.1. The summed E-state index contributed by atoms with van der Waals surface area (Å²) in [5.74, 6) is 0. The van der Waals surface area contributed by atoms with Crippen LogP contribution < -0.4 is 5.32 Å². The molecule has 0 amide bonds. The van der Waals surface area contributed by atoms with Crippen molar-refractivity contribution in [1.82, 2.24) is 10.2 Å². The minimum atomic E-state index is 0.580. The predicted octanol–water partition coefficient (Wildman–Crippen LogP) is 2.00. The molecule has 3 fully saturated rings. The van der Waals surface area contributed by atoms with E-state index in [4.69, 9.17) is 0 Å². The predicted molar refractivity (Wildman–Crippen MR) is 62.9 cm³/mol. The van der Waals surface area contributed by atoms with Crippen LogP contribution in [0.3, 0.4) is 0 Å². The molecule has 0 radical (unpaired) electrons. The Morgan fingerprint density at radius 1 is 1.27 bits per heavy atom. The maximum atomic E-state index is 3.84.